The molecule has 24 heavy (non-hydrogen) atoms. The molecule has 134 valence electrons. The number of hydrogen-bond acceptors (Lipinski definition) is 4. The van der Waals surface area contributed by atoms with Crippen LogP contribution < -0.4 is 10.1 Å². The minimum atomic E-state index is -0.0954. The Morgan fingerprint density at radius 3 is 2.38 bits per heavy atom. The van der Waals surface area contributed by atoms with Gasteiger partial charge in [0, 0.05) is 25.2 Å². The SMILES string of the molecule is COc1ccc(CC(=O)NCC(C)(C)N2C[C@@H](C)O[C@@H](C)C2)cc1. The molecule has 1 amide bonds. The third-order valence-electron chi connectivity index (χ3n) is 4.52. The fraction of sp³-hybridized carbons (Fsp3) is 0.632. The summed E-state index contributed by atoms with van der Waals surface area (Å²) in [5, 5.41) is 3.07. The van der Waals surface area contributed by atoms with Crippen LogP contribution in [0.5, 0.6) is 5.75 Å². The Kier molecular flexibility index (Phi) is 6.24. The van der Waals surface area contributed by atoms with Crippen molar-refractivity contribution in [3.63, 3.8) is 0 Å². The first-order chi connectivity index (χ1) is 11.3. The maximum atomic E-state index is 12.2. The molecule has 1 saturated heterocycles. The van der Waals surface area contributed by atoms with Gasteiger partial charge in [-0.25, -0.2) is 0 Å². The van der Waals surface area contributed by atoms with E-state index in [1.54, 1.807) is 7.11 Å². The molecule has 0 saturated carbocycles. The van der Waals surface area contributed by atoms with E-state index in [0.717, 1.165) is 24.4 Å². The summed E-state index contributed by atoms with van der Waals surface area (Å²) in [4.78, 5) is 14.6. The number of ether oxygens (including phenoxy) is 2. The number of carbonyl (C=O) groups excluding carboxylic acids is 1. The van der Waals surface area contributed by atoms with Crippen molar-refractivity contribution in [2.24, 2.45) is 0 Å². The van der Waals surface area contributed by atoms with Crippen LogP contribution in [0.15, 0.2) is 24.3 Å². The number of amides is 1. The van der Waals surface area contributed by atoms with Crippen LogP contribution in [0.4, 0.5) is 0 Å². The molecule has 1 aliphatic rings. The molecule has 1 aromatic rings. The third-order valence-corrected chi connectivity index (χ3v) is 4.52. The van der Waals surface area contributed by atoms with Crippen molar-refractivity contribution in [1.29, 1.82) is 0 Å². The topological polar surface area (TPSA) is 50.8 Å². The van der Waals surface area contributed by atoms with Crippen LogP contribution in [0, 0.1) is 0 Å². The van der Waals surface area contributed by atoms with Gasteiger partial charge in [-0.3, -0.25) is 9.69 Å². The van der Waals surface area contributed by atoms with E-state index in [1.807, 2.05) is 24.3 Å². The van der Waals surface area contributed by atoms with E-state index in [0.29, 0.717) is 13.0 Å². The number of nitrogens with one attached hydrogen (secondary N) is 1. The lowest BCUT2D eigenvalue weighted by Crippen LogP contribution is -2.58. The highest BCUT2D eigenvalue weighted by atomic mass is 16.5. The molecular formula is C19H30N2O3. The summed E-state index contributed by atoms with van der Waals surface area (Å²) < 4.78 is 10.9. The van der Waals surface area contributed by atoms with Crippen LogP contribution in [-0.4, -0.2) is 55.3 Å². The fourth-order valence-electron chi connectivity index (χ4n) is 3.09. The smallest absolute Gasteiger partial charge is 0.224 e. The molecule has 0 unspecified atom stereocenters. The largest absolute Gasteiger partial charge is 0.497 e. The van der Waals surface area contributed by atoms with Crippen LogP contribution in [0.25, 0.3) is 0 Å². The van der Waals surface area contributed by atoms with Crippen LogP contribution in [0.1, 0.15) is 33.3 Å². The molecule has 0 spiro atoms. The van der Waals surface area contributed by atoms with Crippen LogP contribution >= 0.6 is 0 Å². The first kappa shape index (κ1) is 18.7. The van der Waals surface area contributed by atoms with Crippen molar-refractivity contribution in [2.45, 2.75) is 51.9 Å². The normalized spacial score (nSPS) is 22.2. The van der Waals surface area contributed by atoms with Crippen molar-refractivity contribution in [3.05, 3.63) is 29.8 Å². The molecular weight excluding hydrogens is 304 g/mol. The summed E-state index contributed by atoms with van der Waals surface area (Å²) >= 11 is 0. The van der Waals surface area contributed by atoms with Gasteiger partial charge in [0.05, 0.1) is 25.7 Å². The summed E-state index contributed by atoms with van der Waals surface area (Å²) in [6.07, 6.45) is 0.835. The average molecular weight is 334 g/mol. The third kappa shape index (κ3) is 5.21. The molecule has 1 heterocycles. The molecule has 5 heteroatoms. The van der Waals surface area contributed by atoms with Gasteiger partial charge in [-0.05, 0) is 45.4 Å². The van der Waals surface area contributed by atoms with E-state index in [-0.39, 0.29) is 23.7 Å². The van der Waals surface area contributed by atoms with Crippen molar-refractivity contribution < 1.29 is 14.3 Å². The second-order valence-corrected chi connectivity index (χ2v) is 7.28. The molecule has 2 atom stereocenters. The highest BCUT2D eigenvalue weighted by molar-refractivity contribution is 5.78. The molecule has 0 aliphatic carbocycles. The van der Waals surface area contributed by atoms with E-state index >= 15 is 0 Å². The number of hydrogen-bond donors (Lipinski definition) is 1. The summed E-state index contributed by atoms with van der Waals surface area (Å²) in [5.41, 5.74) is 0.890. The predicted octanol–water partition coefficient (Wildman–Crippen LogP) is 2.24. The first-order valence-electron chi connectivity index (χ1n) is 8.60. The minimum Gasteiger partial charge on any atom is -0.497 e. The van der Waals surface area contributed by atoms with Crippen molar-refractivity contribution >= 4 is 5.91 Å². The molecule has 1 aromatic carbocycles. The Balaban J connectivity index is 1.85. The monoisotopic (exact) mass is 334 g/mol. The van der Waals surface area contributed by atoms with E-state index in [1.165, 1.54) is 0 Å². The maximum absolute atomic E-state index is 12.2. The summed E-state index contributed by atoms with van der Waals surface area (Å²) in [6.45, 7) is 11.0. The zero-order chi connectivity index (χ0) is 17.7. The van der Waals surface area contributed by atoms with Crippen molar-refractivity contribution in [2.75, 3.05) is 26.7 Å². The number of benzene rings is 1. The molecule has 5 nitrogen and oxygen atoms in total. The lowest BCUT2D eigenvalue weighted by Gasteiger charge is -2.45. The Morgan fingerprint density at radius 2 is 1.83 bits per heavy atom. The zero-order valence-electron chi connectivity index (χ0n) is 15.5. The fourth-order valence-corrected chi connectivity index (χ4v) is 3.09. The highest BCUT2D eigenvalue weighted by Crippen LogP contribution is 2.20. The number of methoxy groups -OCH3 is 1. The predicted molar refractivity (Wildman–Crippen MR) is 95.4 cm³/mol. The molecule has 2 rings (SSSR count). The molecule has 0 bridgehead atoms. The second-order valence-electron chi connectivity index (χ2n) is 7.28. The minimum absolute atomic E-state index is 0.0441. The summed E-state index contributed by atoms with van der Waals surface area (Å²) in [6, 6.07) is 7.61. The number of carbonyl (C=O) groups is 1. The van der Waals surface area contributed by atoms with E-state index < -0.39 is 0 Å². The maximum Gasteiger partial charge on any atom is 0.224 e. The first-order valence-corrected chi connectivity index (χ1v) is 8.60. The van der Waals surface area contributed by atoms with Crippen LogP contribution in [0.2, 0.25) is 0 Å². The van der Waals surface area contributed by atoms with Gasteiger partial charge in [-0.2, -0.15) is 0 Å². The number of nitrogens with zero attached hydrogens (tertiary/aromatic N) is 1. The van der Waals surface area contributed by atoms with E-state index in [2.05, 4.69) is 37.9 Å². The second kappa shape index (κ2) is 7.99. The van der Waals surface area contributed by atoms with Gasteiger partial charge >= 0.3 is 0 Å². The molecule has 0 radical (unpaired) electrons. The Labute approximate surface area is 145 Å². The van der Waals surface area contributed by atoms with Gasteiger partial charge in [0.25, 0.3) is 0 Å². The van der Waals surface area contributed by atoms with Gasteiger partial charge in [0.1, 0.15) is 5.75 Å². The Morgan fingerprint density at radius 1 is 1.25 bits per heavy atom. The average Bonchev–Trinajstić information content (AvgIpc) is 2.53. The number of morpholine rings is 1. The van der Waals surface area contributed by atoms with Crippen LogP contribution in [-0.2, 0) is 16.0 Å². The van der Waals surface area contributed by atoms with Gasteiger partial charge < -0.3 is 14.8 Å². The lowest BCUT2D eigenvalue weighted by atomic mass is 10.00. The number of rotatable bonds is 6. The zero-order valence-corrected chi connectivity index (χ0v) is 15.5. The van der Waals surface area contributed by atoms with Gasteiger partial charge in [-0.15, -0.1) is 0 Å². The highest BCUT2D eigenvalue weighted by Gasteiger charge is 2.33. The quantitative estimate of drug-likeness (QED) is 0.867. The summed E-state index contributed by atoms with van der Waals surface area (Å²) in [5.74, 6) is 0.846. The molecule has 0 aromatic heterocycles. The molecule has 1 N–H and O–H groups in total. The lowest BCUT2D eigenvalue weighted by molar-refractivity contribution is -0.122. The van der Waals surface area contributed by atoms with Crippen LogP contribution in [0.3, 0.4) is 0 Å². The van der Waals surface area contributed by atoms with Crippen molar-refractivity contribution in [1.82, 2.24) is 10.2 Å². The van der Waals surface area contributed by atoms with E-state index in [4.69, 9.17) is 9.47 Å². The standard InChI is InChI=1S/C19H30N2O3/c1-14-11-21(12-15(2)24-14)19(3,4)13-20-18(22)10-16-6-8-17(23-5)9-7-16/h6-9,14-15H,10-13H2,1-5H3,(H,20,22)/t14-,15+. The summed E-state index contributed by atoms with van der Waals surface area (Å²) in [7, 11) is 1.64. The molecule has 1 aliphatic heterocycles. The van der Waals surface area contributed by atoms with Gasteiger partial charge in [0.2, 0.25) is 5.91 Å². The van der Waals surface area contributed by atoms with E-state index in [9.17, 15) is 4.79 Å². The van der Waals surface area contributed by atoms with Gasteiger partial charge in [0.15, 0.2) is 0 Å². The molecule has 1 fully saturated rings. The van der Waals surface area contributed by atoms with Gasteiger partial charge in [-0.1, -0.05) is 12.1 Å². The Bertz CT molecular complexity index is 532. The Hall–Kier alpha value is -1.59. The van der Waals surface area contributed by atoms with Crippen molar-refractivity contribution in [3.8, 4) is 5.75 Å².